The van der Waals surface area contributed by atoms with E-state index in [9.17, 15) is 43.2 Å². The van der Waals surface area contributed by atoms with Crippen molar-refractivity contribution in [3.63, 3.8) is 0 Å². The molecule has 0 amide bonds. The Morgan fingerprint density at radius 2 is 0.537 bits per heavy atom. The highest BCUT2D eigenvalue weighted by Gasteiger charge is 2.30. The summed E-state index contributed by atoms with van der Waals surface area (Å²) in [6.45, 7) is 11.9. The number of phosphoric acid groups is 2. The summed E-state index contributed by atoms with van der Waals surface area (Å²) in [6, 6.07) is 0. The number of aliphatic hydroxyl groups excluding tert-OH is 1. The van der Waals surface area contributed by atoms with Gasteiger partial charge in [0.2, 0.25) is 0 Å². The Hall–Kier alpha value is -1.94. The molecular weight excluding hydrogens is 1250 g/mol. The quantitative estimate of drug-likeness (QED) is 0.0222. The van der Waals surface area contributed by atoms with E-state index in [0.29, 0.717) is 25.7 Å². The highest BCUT2D eigenvalue weighted by molar-refractivity contribution is 7.47. The molecule has 564 valence electrons. The lowest BCUT2D eigenvalue weighted by molar-refractivity contribution is -0.161. The van der Waals surface area contributed by atoms with E-state index in [1.165, 1.54) is 199 Å². The maximum Gasteiger partial charge on any atom is 0.472 e. The van der Waals surface area contributed by atoms with E-state index in [-0.39, 0.29) is 25.7 Å². The minimum atomic E-state index is -4.96. The van der Waals surface area contributed by atoms with Crippen LogP contribution in [0.2, 0.25) is 0 Å². The van der Waals surface area contributed by atoms with E-state index in [1.807, 2.05) is 0 Å². The zero-order chi connectivity index (χ0) is 70.1. The van der Waals surface area contributed by atoms with Crippen molar-refractivity contribution in [3.05, 3.63) is 0 Å². The van der Waals surface area contributed by atoms with Gasteiger partial charge in [-0.25, -0.2) is 9.13 Å². The Labute approximate surface area is 581 Å². The molecule has 3 N–H and O–H groups in total. The molecule has 0 saturated heterocycles. The van der Waals surface area contributed by atoms with E-state index in [4.69, 9.17) is 37.0 Å². The van der Waals surface area contributed by atoms with Gasteiger partial charge in [-0.3, -0.25) is 37.3 Å². The van der Waals surface area contributed by atoms with E-state index < -0.39 is 97.5 Å². The number of hydrogen-bond acceptors (Lipinski definition) is 15. The highest BCUT2D eigenvalue weighted by atomic mass is 31.2. The Morgan fingerprint density at radius 3 is 0.800 bits per heavy atom. The van der Waals surface area contributed by atoms with Crippen LogP contribution in [0.1, 0.15) is 389 Å². The largest absolute Gasteiger partial charge is 0.472 e. The third-order valence-electron chi connectivity index (χ3n) is 18.4. The van der Waals surface area contributed by atoms with E-state index in [0.717, 1.165) is 108 Å². The first-order valence-corrected chi connectivity index (χ1v) is 42.4. The summed E-state index contributed by atoms with van der Waals surface area (Å²) in [5, 5.41) is 10.6. The van der Waals surface area contributed by atoms with Crippen molar-refractivity contribution in [2.45, 2.75) is 407 Å². The topological polar surface area (TPSA) is 237 Å². The fraction of sp³-hybridized carbons (Fsp3) is 0.947. The molecule has 7 atom stereocenters. The lowest BCUT2D eigenvalue weighted by atomic mass is 9.99. The molecule has 0 aliphatic carbocycles. The maximum atomic E-state index is 13.1. The molecule has 0 fully saturated rings. The standard InChI is InChI=1S/C76H148O17P2/c1-8-11-12-13-14-15-16-20-24-27-36-43-50-57-73(78)86-63-71(92-75(80)59-52-45-38-28-25-22-19-17-18-21-23-26-33-40-47-54-67(4)5)65-90-94(82,83)88-61-70(77)62-89-95(84,85)91-66-72(93-76(81)60-53-46-39-32-30-35-42-49-56-69(7)10-3)64-87-74(79)58-51-44-37-31-29-34-41-48-55-68(6)9-2/h67-72,77H,8-66H2,1-7H3,(H,82,83)(H,84,85)/t68?,69?,70-,71-,72-/m1/s1. The fourth-order valence-corrected chi connectivity index (χ4v) is 13.1. The van der Waals surface area contributed by atoms with Gasteiger partial charge in [0, 0.05) is 25.7 Å². The van der Waals surface area contributed by atoms with Crippen LogP contribution in [0.25, 0.3) is 0 Å². The molecule has 0 saturated carbocycles. The molecule has 17 nitrogen and oxygen atoms in total. The van der Waals surface area contributed by atoms with Crippen LogP contribution in [0.15, 0.2) is 0 Å². The van der Waals surface area contributed by atoms with Crippen molar-refractivity contribution >= 4 is 39.5 Å². The number of carbonyl (C=O) groups excluding carboxylic acids is 4. The summed E-state index contributed by atoms with van der Waals surface area (Å²) < 4.78 is 68.5. The molecular formula is C76H148O17P2. The number of esters is 4. The van der Waals surface area contributed by atoms with Gasteiger partial charge in [-0.15, -0.1) is 0 Å². The second-order valence-corrected chi connectivity index (χ2v) is 31.3. The van der Waals surface area contributed by atoms with Crippen LogP contribution in [0.3, 0.4) is 0 Å². The number of phosphoric ester groups is 2. The zero-order valence-corrected chi connectivity index (χ0v) is 63.9. The molecule has 0 aliphatic heterocycles. The lowest BCUT2D eigenvalue weighted by Crippen LogP contribution is -2.30. The van der Waals surface area contributed by atoms with E-state index in [1.54, 1.807) is 0 Å². The van der Waals surface area contributed by atoms with Crippen LogP contribution in [-0.2, 0) is 65.4 Å². The van der Waals surface area contributed by atoms with Gasteiger partial charge in [-0.1, -0.05) is 337 Å². The van der Waals surface area contributed by atoms with Gasteiger partial charge in [0.05, 0.1) is 26.4 Å². The maximum absolute atomic E-state index is 13.1. The number of aliphatic hydroxyl groups is 1. The average Bonchev–Trinajstić information content (AvgIpc) is 1.36. The number of carbonyl (C=O) groups is 4. The number of hydrogen-bond donors (Lipinski definition) is 3. The van der Waals surface area contributed by atoms with Crippen molar-refractivity contribution in [1.29, 1.82) is 0 Å². The molecule has 0 radical (unpaired) electrons. The first kappa shape index (κ1) is 93.1. The molecule has 95 heavy (non-hydrogen) atoms. The number of ether oxygens (including phenoxy) is 4. The Morgan fingerprint density at radius 1 is 0.305 bits per heavy atom. The summed E-state index contributed by atoms with van der Waals surface area (Å²) >= 11 is 0. The van der Waals surface area contributed by atoms with Gasteiger partial charge in [0.25, 0.3) is 0 Å². The predicted octanol–water partition coefficient (Wildman–Crippen LogP) is 22.2. The van der Waals surface area contributed by atoms with Crippen molar-refractivity contribution in [3.8, 4) is 0 Å². The zero-order valence-electron chi connectivity index (χ0n) is 62.1. The Balaban J connectivity index is 5.26. The molecule has 0 aliphatic rings. The van der Waals surface area contributed by atoms with Crippen molar-refractivity contribution in [1.82, 2.24) is 0 Å². The highest BCUT2D eigenvalue weighted by Crippen LogP contribution is 2.45. The minimum Gasteiger partial charge on any atom is -0.462 e. The molecule has 0 aromatic heterocycles. The summed E-state index contributed by atoms with van der Waals surface area (Å²) in [5.74, 6) is 0.232. The van der Waals surface area contributed by atoms with Crippen molar-refractivity contribution < 1.29 is 80.2 Å². The second-order valence-electron chi connectivity index (χ2n) is 28.4. The van der Waals surface area contributed by atoms with Gasteiger partial charge >= 0.3 is 39.5 Å². The van der Waals surface area contributed by atoms with Crippen LogP contribution in [0, 0.1) is 17.8 Å². The molecule has 0 spiro atoms. The first-order valence-electron chi connectivity index (χ1n) is 39.4. The smallest absolute Gasteiger partial charge is 0.462 e. The molecule has 4 unspecified atom stereocenters. The summed E-state index contributed by atoms with van der Waals surface area (Å²) in [5.41, 5.74) is 0. The predicted molar refractivity (Wildman–Crippen MR) is 386 cm³/mol. The van der Waals surface area contributed by atoms with Crippen LogP contribution in [0.5, 0.6) is 0 Å². The number of rotatable bonds is 74. The van der Waals surface area contributed by atoms with Crippen molar-refractivity contribution in [2.24, 2.45) is 17.8 Å². The van der Waals surface area contributed by atoms with Crippen molar-refractivity contribution in [2.75, 3.05) is 39.6 Å². The summed E-state index contributed by atoms with van der Waals surface area (Å²) in [4.78, 5) is 72.8. The van der Waals surface area contributed by atoms with Gasteiger partial charge < -0.3 is 33.8 Å². The third-order valence-corrected chi connectivity index (χ3v) is 20.3. The average molecular weight is 1400 g/mol. The molecule has 19 heteroatoms. The monoisotopic (exact) mass is 1400 g/mol. The first-order chi connectivity index (χ1) is 45.8. The normalized spacial score (nSPS) is 14.6. The van der Waals surface area contributed by atoms with Crippen LogP contribution in [-0.4, -0.2) is 96.7 Å². The molecule has 0 aromatic rings. The fourth-order valence-electron chi connectivity index (χ4n) is 11.5. The van der Waals surface area contributed by atoms with Gasteiger partial charge in [0.1, 0.15) is 19.3 Å². The minimum absolute atomic E-state index is 0.104. The Kier molecular flexibility index (Phi) is 65.2. The SMILES string of the molecule is CCCCCCCCCCCCCCCC(=O)OC[C@H](COP(=O)(O)OC[C@@H](O)COP(=O)(O)OC[C@@H](COC(=O)CCCCCCCCCCC(C)CC)OC(=O)CCCCCCCCCCC(C)CC)OC(=O)CCCCCCCCCCCCCCCCCC(C)C. The van der Waals surface area contributed by atoms with Crippen LogP contribution < -0.4 is 0 Å². The molecule has 0 bridgehead atoms. The van der Waals surface area contributed by atoms with E-state index >= 15 is 0 Å². The molecule has 0 rings (SSSR count). The summed E-state index contributed by atoms with van der Waals surface area (Å²) in [7, 11) is -9.91. The van der Waals surface area contributed by atoms with Gasteiger partial charge in [-0.2, -0.15) is 0 Å². The van der Waals surface area contributed by atoms with E-state index in [2.05, 4.69) is 48.5 Å². The molecule has 0 heterocycles. The lowest BCUT2D eigenvalue weighted by Gasteiger charge is -2.21. The Bertz CT molecular complexity index is 1860. The van der Waals surface area contributed by atoms with Crippen LogP contribution in [0.4, 0.5) is 0 Å². The van der Waals surface area contributed by atoms with Gasteiger partial charge in [-0.05, 0) is 43.4 Å². The number of unbranched alkanes of at least 4 members (excludes halogenated alkanes) is 40. The second kappa shape index (κ2) is 66.6. The van der Waals surface area contributed by atoms with Crippen LogP contribution >= 0.6 is 15.6 Å². The van der Waals surface area contributed by atoms with Gasteiger partial charge in [0.15, 0.2) is 12.2 Å². The summed E-state index contributed by atoms with van der Waals surface area (Å²) in [6.07, 6.45) is 52.5. The molecule has 0 aromatic carbocycles. The third kappa shape index (κ3) is 67.6.